The lowest BCUT2D eigenvalue weighted by Crippen LogP contribution is -2.60. The highest BCUT2D eigenvalue weighted by Crippen LogP contribution is 2.33. The number of benzene rings is 1. The van der Waals surface area contributed by atoms with Crippen LogP contribution in [0, 0.1) is 10.1 Å². The molecule has 0 spiro atoms. The Morgan fingerprint density at radius 3 is 2.30 bits per heavy atom. The lowest BCUT2D eigenvalue weighted by molar-refractivity contribution is -0.384. The van der Waals surface area contributed by atoms with Crippen LogP contribution in [0.1, 0.15) is 69.2 Å². The lowest BCUT2D eigenvalue weighted by Gasteiger charge is -2.40. The van der Waals surface area contributed by atoms with E-state index in [9.17, 15) is 19.7 Å². The summed E-state index contributed by atoms with van der Waals surface area (Å²) in [5, 5.41) is 14.7. The fraction of sp³-hybridized carbons (Fsp3) is 0.636. The predicted molar refractivity (Wildman–Crippen MR) is 116 cm³/mol. The van der Waals surface area contributed by atoms with Crippen LogP contribution in [0.3, 0.4) is 0 Å². The third kappa shape index (κ3) is 4.42. The van der Waals surface area contributed by atoms with Crippen molar-refractivity contribution in [1.82, 2.24) is 10.2 Å². The molecule has 8 nitrogen and oxygen atoms in total. The number of nitro benzene ring substituents is 1. The van der Waals surface area contributed by atoms with E-state index in [-0.39, 0.29) is 17.2 Å². The van der Waals surface area contributed by atoms with Crippen LogP contribution in [0.15, 0.2) is 18.2 Å². The molecule has 0 bridgehead atoms. The van der Waals surface area contributed by atoms with Gasteiger partial charge in [0.05, 0.1) is 4.92 Å². The van der Waals surface area contributed by atoms with Crippen molar-refractivity contribution < 1.29 is 14.5 Å². The molecule has 0 unspecified atom stereocenters. The Labute approximate surface area is 177 Å². The molecule has 3 rings (SSSR count). The van der Waals surface area contributed by atoms with Gasteiger partial charge in [0, 0.05) is 37.8 Å². The van der Waals surface area contributed by atoms with Crippen molar-refractivity contribution in [3.05, 3.63) is 33.9 Å². The monoisotopic (exact) mass is 416 g/mol. The largest absolute Gasteiger partial charge is 0.366 e. The molecule has 1 heterocycles. The highest BCUT2D eigenvalue weighted by Gasteiger charge is 2.43. The van der Waals surface area contributed by atoms with Crippen molar-refractivity contribution in [1.29, 1.82) is 0 Å². The van der Waals surface area contributed by atoms with Gasteiger partial charge in [0.2, 0.25) is 5.91 Å². The van der Waals surface area contributed by atoms with Crippen molar-refractivity contribution >= 4 is 23.2 Å². The van der Waals surface area contributed by atoms with Crippen molar-refractivity contribution in [3.63, 3.8) is 0 Å². The first-order valence-corrected chi connectivity index (χ1v) is 11.1. The zero-order valence-electron chi connectivity index (χ0n) is 18.0. The SMILES string of the molecule is CCN(CC)C(=O)C1(NC(=O)c2ccc(N3CCCC3)c([N+](=O)[O-])c2)CCCCC1. The first-order chi connectivity index (χ1) is 14.4. The molecule has 1 aliphatic heterocycles. The minimum Gasteiger partial charge on any atom is -0.366 e. The first-order valence-electron chi connectivity index (χ1n) is 11.1. The fourth-order valence-electron chi connectivity index (χ4n) is 4.69. The van der Waals surface area contributed by atoms with Gasteiger partial charge in [-0.25, -0.2) is 0 Å². The molecule has 1 saturated heterocycles. The number of nitro groups is 1. The van der Waals surface area contributed by atoms with E-state index in [2.05, 4.69) is 5.32 Å². The van der Waals surface area contributed by atoms with Crippen molar-refractivity contribution in [3.8, 4) is 0 Å². The number of anilines is 1. The standard InChI is InChI=1S/C22H32N4O4/c1-3-24(4-2)21(28)22(12-6-5-7-13-22)23-20(27)17-10-11-18(19(16-17)26(29)30)25-14-8-9-15-25/h10-11,16H,3-9,12-15H2,1-2H3,(H,23,27). The van der Waals surface area contributed by atoms with Gasteiger partial charge in [0.25, 0.3) is 11.6 Å². The maximum Gasteiger partial charge on any atom is 0.293 e. The normalized spacial score (nSPS) is 18.1. The molecule has 1 aromatic rings. The molecule has 2 amide bonds. The van der Waals surface area contributed by atoms with E-state index in [0.717, 1.165) is 45.2 Å². The third-order valence-corrected chi connectivity index (χ3v) is 6.40. The van der Waals surface area contributed by atoms with Crippen LogP contribution in [0.2, 0.25) is 0 Å². The Morgan fingerprint density at radius 2 is 1.73 bits per heavy atom. The molecule has 0 radical (unpaired) electrons. The molecule has 1 N–H and O–H groups in total. The molecule has 0 aromatic heterocycles. The summed E-state index contributed by atoms with van der Waals surface area (Å²) in [7, 11) is 0. The minimum atomic E-state index is -0.927. The first kappa shape index (κ1) is 22.1. The van der Waals surface area contributed by atoms with Crippen LogP contribution >= 0.6 is 0 Å². The van der Waals surface area contributed by atoms with Gasteiger partial charge in [0.1, 0.15) is 11.2 Å². The van der Waals surface area contributed by atoms with Crippen LogP contribution < -0.4 is 10.2 Å². The third-order valence-electron chi connectivity index (χ3n) is 6.40. The highest BCUT2D eigenvalue weighted by molar-refractivity contribution is 6.00. The number of amides is 2. The summed E-state index contributed by atoms with van der Waals surface area (Å²) in [6.07, 6.45) is 6.01. The number of carbonyl (C=O) groups is 2. The summed E-state index contributed by atoms with van der Waals surface area (Å²) in [5.41, 5.74) is -0.205. The maximum atomic E-state index is 13.2. The summed E-state index contributed by atoms with van der Waals surface area (Å²) in [6.45, 7) is 6.61. The lowest BCUT2D eigenvalue weighted by atomic mass is 9.80. The predicted octanol–water partition coefficient (Wildman–Crippen LogP) is 3.50. The van der Waals surface area contributed by atoms with Crippen LogP contribution in [0.4, 0.5) is 11.4 Å². The zero-order chi connectivity index (χ0) is 21.7. The summed E-state index contributed by atoms with van der Waals surface area (Å²) < 4.78 is 0. The summed E-state index contributed by atoms with van der Waals surface area (Å²) in [4.78, 5) is 41.3. The van der Waals surface area contributed by atoms with Gasteiger partial charge in [0.15, 0.2) is 0 Å². The molecule has 8 heteroatoms. The molecule has 1 aromatic carbocycles. The van der Waals surface area contributed by atoms with Gasteiger partial charge >= 0.3 is 0 Å². The molecule has 0 atom stereocenters. The Kier molecular flexibility index (Phi) is 6.95. The van der Waals surface area contributed by atoms with E-state index in [1.54, 1.807) is 17.0 Å². The molecule has 1 saturated carbocycles. The highest BCUT2D eigenvalue weighted by atomic mass is 16.6. The maximum absolute atomic E-state index is 13.2. The number of nitrogens with one attached hydrogen (secondary N) is 1. The number of hydrogen-bond donors (Lipinski definition) is 1. The summed E-state index contributed by atoms with van der Waals surface area (Å²) in [5.74, 6) is -0.475. The second-order valence-electron chi connectivity index (χ2n) is 8.23. The summed E-state index contributed by atoms with van der Waals surface area (Å²) >= 11 is 0. The van der Waals surface area contributed by atoms with Crippen LogP contribution in [0.5, 0.6) is 0 Å². The van der Waals surface area contributed by atoms with E-state index in [4.69, 9.17) is 0 Å². The number of likely N-dealkylation sites (N-methyl/N-ethyl adjacent to an activating group) is 1. The molecule has 2 aliphatic rings. The smallest absolute Gasteiger partial charge is 0.293 e. The van der Waals surface area contributed by atoms with Crippen LogP contribution in [-0.4, -0.2) is 53.4 Å². The van der Waals surface area contributed by atoms with Crippen LogP contribution in [-0.2, 0) is 4.79 Å². The second kappa shape index (κ2) is 9.45. The topological polar surface area (TPSA) is 95.8 Å². The number of hydrogen-bond acceptors (Lipinski definition) is 5. The van der Waals surface area contributed by atoms with E-state index < -0.39 is 16.4 Å². The minimum absolute atomic E-state index is 0.0521. The van der Waals surface area contributed by atoms with Crippen molar-refractivity contribution in [2.45, 2.75) is 64.3 Å². The van der Waals surface area contributed by atoms with Gasteiger partial charge in [-0.05, 0) is 51.7 Å². The molecule has 164 valence electrons. The van der Waals surface area contributed by atoms with E-state index in [1.165, 1.54) is 6.07 Å². The Balaban J connectivity index is 1.87. The van der Waals surface area contributed by atoms with Crippen LogP contribution in [0.25, 0.3) is 0 Å². The van der Waals surface area contributed by atoms with Gasteiger partial charge in [-0.15, -0.1) is 0 Å². The zero-order valence-corrected chi connectivity index (χ0v) is 18.0. The molecule has 30 heavy (non-hydrogen) atoms. The average Bonchev–Trinajstić information content (AvgIpc) is 3.29. The van der Waals surface area contributed by atoms with Gasteiger partial charge in [-0.2, -0.15) is 0 Å². The second-order valence-corrected chi connectivity index (χ2v) is 8.23. The number of rotatable bonds is 7. The van der Waals surface area contributed by atoms with Gasteiger partial charge < -0.3 is 15.1 Å². The summed E-state index contributed by atoms with van der Waals surface area (Å²) in [6, 6.07) is 4.65. The molecule has 2 fully saturated rings. The Morgan fingerprint density at radius 1 is 1.10 bits per heavy atom. The molecule has 1 aliphatic carbocycles. The Bertz CT molecular complexity index is 794. The molecular weight excluding hydrogens is 384 g/mol. The van der Waals surface area contributed by atoms with E-state index in [1.807, 2.05) is 18.7 Å². The number of carbonyl (C=O) groups excluding carboxylic acids is 2. The number of nitrogens with zero attached hydrogens (tertiary/aromatic N) is 3. The van der Waals surface area contributed by atoms with E-state index in [0.29, 0.717) is 31.6 Å². The quantitative estimate of drug-likeness (QED) is 0.542. The van der Waals surface area contributed by atoms with Crippen molar-refractivity contribution in [2.75, 3.05) is 31.1 Å². The van der Waals surface area contributed by atoms with Gasteiger partial charge in [-0.3, -0.25) is 19.7 Å². The van der Waals surface area contributed by atoms with Crippen molar-refractivity contribution in [2.24, 2.45) is 0 Å². The fourth-order valence-corrected chi connectivity index (χ4v) is 4.69. The molecular formula is C22H32N4O4. The van der Waals surface area contributed by atoms with Gasteiger partial charge in [-0.1, -0.05) is 19.3 Å². The average molecular weight is 417 g/mol. The van der Waals surface area contributed by atoms with E-state index >= 15 is 0 Å². The Hall–Kier alpha value is -2.64.